The molecule has 2 heterocycles. The van der Waals surface area contributed by atoms with E-state index in [-0.39, 0.29) is 12.2 Å². The molecule has 5 nitrogen and oxygen atoms in total. The molecule has 0 spiro atoms. The summed E-state index contributed by atoms with van der Waals surface area (Å²) in [5, 5.41) is 1.06. The molecule has 1 aliphatic heterocycles. The molecule has 2 atom stereocenters. The van der Waals surface area contributed by atoms with Crippen molar-refractivity contribution < 1.29 is 18.9 Å². The maximum absolute atomic E-state index is 6.16. The molecule has 0 N–H and O–H groups in total. The molecule has 0 aliphatic carbocycles. The first-order valence-corrected chi connectivity index (χ1v) is 11.6. The highest BCUT2D eigenvalue weighted by molar-refractivity contribution is 5.95. The van der Waals surface area contributed by atoms with Gasteiger partial charge < -0.3 is 18.9 Å². The predicted octanol–water partition coefficient (Wildman–Crippen LogP) is 6.36. The van der Waals surface area contributed by atoms with Crippen molar-refractivity contribution in [1.29, 1.82) is 0 Å². The van der Waals surface area contributed by atoms with Crippen LogP contribution in [0.3, 0.4) is 0 Å². The Balaban J connectivity index is 1.36. The lowest BCUT2D eigenvalue weighted by Crippen LogP contribution is -2.25. The summed E-state index contributed by atoms with van der Waals surface area (Å²) in [7, 11) is 3.41. The molecule has 1 aromatic heterocycles. The van der Waals surface area contributed by atoms with Crippen LogP contribution in [0.25, 0.3) is 22.0 Å². The first-order valence-electron chi connectivity index (χ1n) is 11.6. The maximum Gasteiger partial charge on any atom is 0.214 e. The molecule has 0 radical (unpaired) electrons. The summed E-state index contributed by atoms with van der Waals surface area (Å²) in [4.78, 5) is 4.66. The standard InChI is InChI=1S/C29H29NO4/c1-31-23-13-14-33-28(17-23)22-10-6-7-20(15-22)19-34-24-11-12-25-26(21-8-4-3-5-9-21)18-29(32-2)30-27(25)16-24/h3-12,15-16,18,23,28H,13-14,17,19H2,1-2H3. The van der Waals surface area contributed by atoms with Gasteiger partial charge in [0.2, 0.25) is 5.88 Å². The first-order chi connectivity index (χ1) is 16.7. The minimum absolute atomic E-state index is 0.0624. The Morgan fingerprint density at radius 3 is 2.65 bits per heavy atom. The van der Waals surface area contributed by atoms with Crippen molar-refractivity contribution in [1.82, 2.24) is 4.98 Å². The summed E-state index contributed by atoms with van der Waals surface area (Å²) in [5.74, 6) is 1.35. The van der Waals surface area contributed by atoms with E-state index in [0.717, 1.165) is 52.8 Å². The van der Waals surface area contributed by atoms with E-state index in [0.29, 0.717) is 12.5 Å². The molecule has 0 saturated carbocycles. The van der Waals surface area contributed by atoms with Crippen LogP contribution >= 0.6 is 0 Å². The summed E-state index contributed by atoms with van der Waals surface area (Å²) >= 11 is 0. The fraction of sp³-hybridized carbons (Fsp3) is 0.276. The van der Waals surface area contributed by atoms with E-state index in [1.54, 1.807) is 14.2 Å². The minimum Gasteiger partial charge on any atom is -0.489 e. The average molecular weight is 456 g/mol. The highest BCUT2D eigenvalue weighted by atomic mass is 16.5. The smallest absolute Gasteiger partial charge is 0.214 e. The summed E-state index contributed by atoms with van der Waals surface area (Å²) in [6.45, 7) is 1.19. The normalized spacial score (nSPS) is 18.1. The molecule has 5 heteroatoms. The topological polar surface area (TPSA) is 49.8 Å². The molecule has 0 bridgehead atoms. The number of ether oxygens (including phenoxy) is 4. The quantitative estimate of drug-likeness (QED) is 0.325. The molecule has 3 aromatic carbocycles. The highest BCUT2D eigenvalue weighted by Crippen LogP contribution is 2.33. The van der Waals surface area contributed by atoms with Crippen molar-refractivity contribution in [3.05, 3.63) is 90.0 Å². The van der Waals surface area contributed by atoms with Crippen molar-refractivity contribution in [2.24, 2.45) is 0 Å². The van der Waals surface area contributed by atoms with Crippen LogP contribution in [-0.2, 0) is 16.1 Å². The number of fused-ring (bicyclic) bond motifs is 1. The minimum atomic E-state index is 0.0624. The predicted molar refractivity (Wildman–Crippen MR) is 133 cm³/mol. The lowest BCUT2D eigenvalue weighted by molar-refractivity contribution is -0.0599. The van der Waals surface area contributed by atoms with Crippen LogP contribution in [0, 0.1) is 0 Å². The molecule has 2 unspecified atom stereocenters. The molecule has 4 aromatic rings. The van der Waals surface area contributed by atoms with Gasteiger partial charge in [-0.15, -0.1) is 0 Å². The number of hydrogen-bond donors (Lipinski definition) is 0. The second kappa shape index (κ2) is 10.2. The Kier molecular flexibility index (Phi) is 6.74. The van der Waals surface area contributed by atoms with Gasteiger partial charge in [-0.25, -0.2) is 4.98 Å². The van der Waals surface area contributed by atoms with Gasteiger partial charge in [-0.3, -0.25) is 0 Å². The molecule has 34 heavy (non-hydrogen) atoms. The van der Waals surface area contributed by atoms with E-state index in [9.17, 15) is 0 Å². The Morgan fingerprint density at radius 2 is 1.82 bits per heavy atom. The van der Waals surface area contributed by atoms with Crippen molar-refractivity contribution in [3.8, 4) is 22.8 Å². The number of benzene rings is 3. The van der Waals surface area contributed by atoms with Crippen LogP contribution < -0.4 is 9.47 Å². The zero-order valence-electron chi connectivity index (χ0n) is 19.6. The summed E-state index contributed by atoms with van der Waals surface area (Å²) in [6, 6.07) is 26.7. The zero-order valence-corrected chi connectivity index (χ0v) is 19.6. The van der Waals surface area contributed by atoms with Gasteiger partial charge in [0, 0.05) is 37.7 Å². The number of hydrogen-bond acceptors (Lipinski definition) is 5. The van der Waals surface area contributed by atoms with Crippen LogP contribution in [0.1, 0.15) is 30.1 Å². The second-order valence-electron chi connectivity index (χ2n) is 8.53. The van der Waals surface area contributed by atoms with E-state index in [4.69, 9.17) is 18.9 Å². The monoisotopic (exact) mass is 455 g/mol. The van der Waals surface area contributed by atoms with Gasteiger partial charge in [-0.05, 0) is 46.9 Å². The van der Waals surface area contributed by atoms with E-state index in [2.05, 4.69) is 47.4 Å². The molecule has 1 fully saturated rings. The van der Waals surface area contributed by atoms with Gasteiger partial charge in [0.15, 0.2) is 0 Å². The zero-order chi connectivity index (χ0) is 23.3. The van der Waals surface area contributed by atoms with Crippen molar-refractivity contribution in [2.75, 3.05) is 20.8 Å². The van der Waals surface area contributed by atoms with E-state index in [1.807, 2.05) is 36.4 Å². The lowest BCUT2D eigenvalue weighted by atomic mass is 9.98. The van der Waals surface area contributed by atoms with Crippen LogP contribution in [0.5, 0.6) is 11.6 Å². The van der Waals surface area contributed by atoms with Gasteiger partial charge in [-0.2, -0.15) is 0 Å². The SMILES string of the molecule is COc1cc(-c2ccccc2)c2ccc(OCc3cccc(C4CC(OC)CCO4)c3)cc2n1. The Labute approximate surface area is 200 Å². The molecule has 0 amide bonds. The van der Waals surface area contributed by atoms with Gasteiger partial charge in [-0.1, -0.05) is 48.5 Å². The van der Waals surface area contributed by atoms with Gasteiger partial charge >= 0.3 is 0 Å². The molecular formula is C29H29NO4. The summed E-state index contributed by atoms with van der Waals surface area (Å²) in [5.41, 5.74) is 5.32. The van der Waals surface area contributed by atoms with E-state index >= 15 is 0 Å². The summed E-state index contributed by atoms with van der Waals surface area (Å²) < 4.78 is 23.2. The third-order valence-corrected chi connectivity index (χ3v) is 6.35. The highest BCUT2D eigenvalue weighted by Gasteiger charge is 2.23. The Morgan fingerprint density at radius 1 is 0.941 bits per heavy atom. The van der Waals surface area contributed by atoms with Crippen LogP contribution in [0.4, 0.5) is 0 Å². The van der Waals surface area contributed by atoms with Crippen LogP contribution in [0.15, 0.2) is 78.9 Å². The fourth-order valence-electron chi connectivity index (χ4n) is 4.50. The number of methoxy groups -OCH3 is 2. The lowest BCUT2D eigenvalue weighted by Gasteiger charge is -2.29. The summed E-state index contributed by atoms with van der Waals surface area (Å²) in [6.07, 6.45) is 2.14. The van der Waals surface area contributed by atoms with Crippen LogP contribution in [0.2, 0.25) is 0 Å². The maximum atomic E-state index is 6.16. The van der Waals surface area contributed by atoms with Gasteiger partial charge in [0.1, 0.15) is 12.4 Å². The van der Waals surface area contributed by atoms with E-state index in [1.165, 1.54) is 5.56 Å². The molecule has 5 rings (SSSR count). The third kappa shape index (κ3) is 4.91. The number of rotatable bonds is 7. The van der Waals surface area contributed by atoms with E-state index < -0.39 is 0 Å². The molecule has 174 valence electrons. The number of pyridine rings is 1. The molecule has 1 saturated heterocycles. The number of nitrogens with zero attached hydrogens (tertiary/aromatic N) is 1. The number of aromatic nitrogens is 1. The van der Waals surface area contributed by atoms with Crippen molar-refractivity contribution in [2.45, 2.75) is 31.7 Å². The first kappa shape index (κ1) is 22.4. The molecule has 1 aliphatic rings. The fourth-order valence-corrected chi connectivity index (χ4v) is 4.50. The second-order valence-corrected chi connectivity index (χ2v) is 8.53. The van der Waals surface area contributed by atoms with Crippen molar-refractivity contribution >= 4 is 10.9 Å². The van der Waals surface area contributed by atoms with Crippen LogP contribution in [-0.4, -0.2) is 31.9 Å². The molecular weight excluding hydrogens is 426 g/mol. The largest absolute Gasteiger partial charge is 0.489 e. The van der Waals surface area contributed by atoms with Crippen molar-refractivity contribution in [3.63, 3.8) is 0 Å². The Hall–Kier alpha value is -3.41. The Bertz CT molecular complexity index is 1260. The van der Waals surface area contributed by atoms with Gasteiger partial charge in [0.05, 0.1) is 24.8 Å². The third-order valence-electron chi connectivity index (χ3n) is 6.35. The average Bonchev–Trinajstić information content (AvgIpc) is 2.91. The van der Waals surface area contributed by atoms with Gasteiger partial charge in [0.25, 0.3) is 0 Å².